The quantitative estimate of drug-likeness (QED) is 0.542. The van der Waals surface area contributed by atoms with E-state index in [1.165, 1.54) is 11.1 Å². The van der Waals surface area contributed by atoms with E-state index < -0.39 is 0 Å². The average molecular weight is 332 g/mol. The molecule has 2 heterocycles. The van der Waals surface area contributed by atoms with E-state index in [4.69, 9.17) is 9.97 Å². The third-order valence-corrected chi connectivity index (χ3v) is 5.54. The fourth-order valence-corrected chi connectivity index (χ4v) is 3.84. The van der Waals surface area contributed by atoms with Gasteiger partial charge in [0.15, 0.2) is 0 Å². The Bertz CT molecular complexity index is 968. The van der Waals surface area contributed by atoms with Gasteiger partial charge in [0.1, 0.15) is 11.6 Å². The molecule has 4 rings (SSSR count). The van der Waals surface area contributed by atoms with Crippen LogP contribution in [0.4, 0.5) is 0 Å². The minimum absolute atomic E-state index is 0.239. The van der Waals surface area contributed by atoms with Crippen molar-refractivity contribution < 1.29 is 0 Å². The lowest BCUT2D eigenvalue weighted by Gasteiger charge is -2.27. The molecular formula is C21H24N4. The molecule has 0 aliphatic heterocycles. The van der Waals surface area contributed by atoms with E-state index in [1.807, 2.05) is 0 Å². The molecule has 0 unspecified atom stereocenters. The van der Waals surface area contributed by atoms with E-state index in [9.17, 15) is 0 Å². The summed E-state index contributed by atoms with van der Waals surface area (Å²) in [6, 6.07) is 12.6. The van der Waals surface area contributed by atoms with Crippen LogP contribution >= 0.6 is 0 Å². The predicted molar refractivity (Wildman–Crippen MR) is 103 cm³/mol. The standard InChI is InChI=1S/C21H24N4/c1-5-21(6-2,19-22-15-11-7-9-13(3)17(15)24-19)20-23-16-12-8-10-14(4)18(16)25-20/h7-12H,5-6H2,1-4H3,(H,22,24)(H,23,25). The summed E-state index contributed by atoms with van der Waals surface area (Å²) in [5, 5.41) is 0. The molecular weight excluding hydrogens is 308 g/mol. The first-order chi connectivity index (χ1) is 12.1. The normalized spacial score (nSPS) is 12.3. The number of hydrogen-bond donors (Lipinski definition) is 2. The van der Waals surface area contributed by atoms with Gasteiger partial charge in [0.05, 0.1) is 27.5 Å². The van der Waals surface area contributed by atoms with E-state index in [0.717, 1.165) is 46.6 Å². The van der Waals surface area contributed by atoms with E-state index in [2.05, 4.69) is 74.1 Å². The van der Waals surface area contributed by atoms with Crippen LogP contribution in [0.3, 0.4) is 0 Å². The minimum Gasteiger partial charge on any atom is -0.341 e. The second-order valence-corrected chi connectivity index (χ2v) is 6.90. The summed E-state index contributed by atoms with van der Waals surface area (Å²) in [6.45, 7) is 8.64. The number of hydrogen-bond acceptors (Lipinski definition) is 2. The van der Waals surface area contributed by atoms with Gasteiger partial charge >= 0.3 is 0 Å². The number of benzene rings is 2. The van der Waals surface area contributed by atoms with Crippen molar-refractivity contribution in [3.63, 3.8) is 0 Å². The van der Waals surface area contributed by atoms with E-state index in [1.54, 1.807) is 0 Å². The molecule has 2 N–H and O–H groups in total. The number of nitrogens with one attached hydrogen (secondary N) is 2. The van der Waals surface area contributed by atoms with Crippen LogP contribution in [0.15, 0.2) is 36.4 Å². The largest absolute Gasteiger partial charge is 0.341 e. The van der Waals surface area contributed by atoms with Crippen molar-refractivity contribution in [1.29, 1.82) is 0 Å². The van der Waals surface area contributed by atoms with Crippen molar-refractivity contribution in [2.75, 3.05) is 0 Å². The summed E-state index contributed by atoms with van der Waals surface area (Å²) < 4.78 is 0. The molecule has 25 heavy (non-hydrogen) atoms. The van der Waals surface area contributed by atoms with Crippen LogP contribution in [0.1, 0.15) is 49.5 Å². The molecule has 0 saturated carbocycles. The van der Waals surface area contributed by atoms with Crippen LogP contribution in [-0.2, 0) is 5.41 Å². The first-order valence-corrected chi connectivity index (χ1v) is 9.00. The van der Waals surface area contributed by atoms with Gasteiger partial charge in [-0.3, -0.25) is 0 Å². The van der Waals surface area contributed by atoms with Crippen molar-refractivity contribution in [2.45, 2.75) is 46.0 Å². The monoisotopic (exact) mass is 332 g/mol. The zero-order valence-corrected chi connectivity index (χ0v) is 15.3. The number of fused-ring (bicyclic) bond motifs is 2. The third-order valence-electron chi connectivity index (χ3n) is 5.54. The molecule has 0 aliphatic rings. The van der Waals surface area contributed by atoms with Crippen LogP contribution in [0.5, 0.6) is 0 Å². The highest BCUT2D eigenvalue weighted by Crippen LogP contribution is 2.38. The number of aromatic nitrogens is 4. The van der Waals surface area contributed by atoms with Crippen molar-refractivity contribution in [2.24, 2.45) is 0 Å². The van der Waals surface area contributed by atoms with E-state index in [-0.39, 0.29) is 5.41 Å². The lowest BCUT2D eigenvalue weighted by molar-refractivity contribution is 0.432. The topological polar surface area (TPSA) is 57.4 Å². The number of aryl methyl sites for hydroxylation is 2. The van der Waals surface area contributed by atoms with E-state index in [0.29, 0.717) is 0 Å². The Morgan fingerprint density at radius 3 is 1.56 bits per heavy atom. The smallest absolute Gasteiger partial charge is 0.121 e. The van der Waals surface area contributed by atoms with Crippen LogP contribution in [0.2, 0.25) is 0 Å². The van der Waals surface area contributed by atoms with Gasteiger partial charge < -0.3 is 9.97 Å². The van der Waals surface area contributed by atoms with Gasteiger partial charge in [-0.1, -0.05) is 38.1 Å². The highest BCUT2D eigenvalue weighted by molar-refractivity contribution is 5.80. The lowest BCUT2D eigenvalue weighted by atomic mass is 9.80. The molecule has 4 nitrogen and oxygen atoms in total. The van der Waals surface area contributed by atoms with Gasteiger partial charge in [0.25, 0.3) is 0 Å². The molecule has 2 aromatic heterocycles. The molecule has 0 bridgehead atoms. The van der Waals surface area contributed by atoms with Gasteiger partial charge in [-0.25, -0.2) is 9.97 Å². The SMILES string of the molecule is CCC(CC)(c1nc2c(C)cccc2[nH]1)c1nc2c(C)cccc2[nH]1. The number of para-hydroxylation sites is 2. The second kappa shape index (κ2) is 5.73. The molecule has 4 heteroatoms. The summed E-state index contributed by atoms with van der Waals surface area (Å²) in [6.07, 6.45) is 1.86. The Kier molecular flexibility index (Phi) is 3.64. The Morgan fingerprint density at radius 2 is 1.20 bits per heavy atom. The Balaban J connectivity index is 1.96. The molecule has 0 saturated heterocycles. The summed E-state index contributed by atoms with van der Waals surface area (Å²) in [7, 11) is 0. The van der Waals surface area contributed by atoms with Crippen molar-refractivity contribution >= 4 is 22.1 Å². The van der Waals surface area contributed by atoms with E-state index >= 15 is 0 Å². The number of H-pyrrole nitrogens is 2. The maximum atomic E-state index is 4.98. The zero-order chi connectivity index (χ0) is 17.6. The summed E-state index contributed by atoms with van der Waals surface area (Å²) >= 11 is 0. The van der Waals surface area contributed by atoms with Crippen molar-refractivity contribution in [1.82, 2.24) is 19.9 Å². The van der Waals surface area contributed by atoms with Gasteiger partial charge in [-0.15, -0.1) is 0 Å². The summed E-state index contributed by atoms with van der Waals surface area (Å²) in [5.41, 5.74) is 6.44. The number of imidazole rings is 2. The maximum absolute atomic E-state index is 4.98. The van der Waals surface area contributed by atoms with Gasteiger partial charge in [-0.2, -0.15) is 0 Å². The van der Waals surface area contributed by atoms with Crippen molar-refractivity contribution in [3.05, 3.63) is 59.2 Å². The van der Waals surface area contributed by atoms with Crippen LogP contribution in [0.25, 0.3) is 22.1 Å². The molecule has 2 aromatic carbocycles. The number of rotatable bonds is 4. The molecule has 0 spiro atoms. The summed E-state index contributed by atoms with van der Waals surface area (Å²) in [4.78, 5) is 17.1. The number of nitrogens with zero attached hydrogens (tertiary/aromatic N) is 2. The fourth-order valence-electron chi connectivity index (χ4n) is 3.84. The highest BCUT2D eigenvalue weighted by Gasteiger charge is 2.37. The molecule has 4 aromatic rings. The minimum atomic E-state index is -0.239. The molecule has 0 atom stereocenters. The average Bonchev–Trinajstić information content (AvgIpc) is 3.23. The fraction of sp³-hybridized carbons (Fsp3) is 0.333. The Morgan fingerprint density at radius 1 is 0.760 bits per heavy atom. The Labute approximate surface area is 147 Å². The van der Waals surface area contributed by atoms with Crippen LogP contribution in [-0.4, -0.2) is 19.9 Å². The van der Waals surface area contributed by atoms with Crippen molar-refractivity contribution in [3.8, 4) is 0 Å². The third kappa shape index (κ3) is 2.28. The first-order valence-electron chi connectivity index (χ1n) is 9.00. The number of aromatic amines is 2. The lowest BCUT2D eigenvalue weighted by Crippen LogP contribution is -2.29. The van der Waals surface area contributed by atoms with Crippen LogP contribution < -0.4 is 0 Å². The second-order valence-electron chi connectivity index (χ2n) is 6.90. The van der Waals surface area contributed by atoms with Crippen LogP contribution in [0, 0.1) is 13.8 Å². The predicted octanol–water partition coefficient (Wildman–Crippen LogP) is 5.16. The highest BCUT2D eigenvalue weighted by atomic mass is 15.0. The van der Waals surface area contributed by atoms with Gasteiger partial charge in [-0.05, 0) is 49.9 Å². The zero-order valence-electron chi connectivity index (χ0n) is 15.3. The van der Waals surface area contributed by atoms with Gasteiger partial charge in [0.2, 0.25) is 0 Å². The summed E-state index contributed by atoms with van der Waals surface area (Å²) in [5.74, 6) is 2.00. The Hall–Kier alpha value is -2.62. The molecule has 0 aliphatic carbocycles. The molecule has 0 radical (unpaired) electrons. The van der Waals surface area contributed by atoms with Gasteiger partial charge in [0, 0.05) is 0 Å². The molecule has 128 valence electrons. The molecule has 0 amide bonds. The maximum Gasteiger partial charge on any atom is 0.121 e. The first kappa shape index (κ1) is 15.9. The molecule has 0 fully saturated rings.